The number of carboxylic acid groups (broad SMARTS) is 1. The minimum Gasteiger partial charge on any atom is -0.481 e. The summed E-state index contributed by atoms with van der Waals surface area (Å²) in [5.74, 6) is 0.0537. The van der Waals surface area contributed by atoms with Crippen LogP contribution >= 0.6 is 0 Å². The van der Waals surface area contributed by atoms with Crippen molar-refractivity contribution in [3.63, 3.8) is 0 Å². The van der Waals surface area contributed by atoms with Gasteiger partial charge in [-0.3, -0.25) is 4.79 Å². The summed E-state index contributed by atoms with van der Waals surface area (Å²) in [7, 11) is 0. The highest BCUT2D eigenvalue weighted by Crippen LogP contribution is 2.12. The molecule has 0 rings (SSSR count). The Bertz CT molecular complexity index is 192. The lowest BCUT2D eigenvalue weighted by molar-refractivity contribution is -0.136. The van der Waals surface area contributed by atoms with E-state index in [0.717, 1.165) is 12.3 Å². The van der Waals surface area contributed by atoms with Crippen LogP contribution in [0, 0.1) is 5.92 Å². The second kappa shape index (κ2) is 7.60. The van der Waals surface area contributed by atoms with Gasteiger partial charge in [0.25, 0.3) is 0 Å². The van der Waals surface area contributed by atoms with Crippen LogP contribution in [0.25, 0.3) is 0 Å². The number of carboxylic acids is 1. The lowest BCUT2D eigenvalue weighted by Gasteiger charge is -2.04. The second-order valence-corrected chi connectivity index (χ2v) is 4.27. The maximum Gasteiger partial charge on any atom is 0.303 e. The van der Waals surface area contributed by atoms with Crippen LogP contribution in [0.3, 0.4) is 0 Å². The summed E-state index contributed by atoms with van der Waals surface area (Å²) < 4.78 is 0. The highest BCUT2D eigenvalue weighted by atomic mass is 16.4. The maximum absolute atomic E-state index is 10.3. The van der Waals surface area contributed by atoms with Crippen LogP contribution in [0.2, 0.25) is 0 Å². The quantitative estimate of drug-likeness (QED) is 0.634. The molecule has 0 aliphatic rings. The summed E-state index contributed by atoms with van der Waals surface area (Å²) in [6, 6.07) is 0. The van der Waals surface area contributed by atoms with Crippen molar-refractivity contribution in [1.82, 2.24) is 0 Å². The highest BCUT2D eigenvalue weighted by Gasteiger charge is 1.96. The summed E-state index contributed by atoms with van der Waals surface area (Å²) in [4.78, 5) is 10.3. The minimum absolute atomic E-state index is 0.252. The first kappa shape index (κ1) is 13.2. The van der Waals surface area contributed by atoms with Gasteiger partial charge in [0.2, 0.25) is 0 Å². The molecule has 14 heavy (non-hydrogen) atoms. The molecule has 0 unspecified atom stereocenters. The number of carbonyl (C=O) groups is 1. The average Bonchev–Trinajstić information content (AvgIpc) is 2.02. The van der Waals surface area contributed by atoms with Gasteiger partial charge in [-0.2, -0.15) is 0 Å². The monoisotopic (exact) mass is 198 g/mol. The van der Waals surface area contributed by atoms with Gasteiger partial charge in [0.05, 0.1) is 0 Å². The third-order valence-electron chi connectivity index (χ3n) is 2.20. The Labute approximate surface area is 87.0 Å². The van der Waals surface area contributed by atoms with Crippen molar-refractivity contribution in [2.24, 2.45) is 5.92 Å². The molecule has 0 saturated carbocycles. The number of hydrogen-bond acceptors (Lipinski definition) is 1. The molecule has 0 fully saturated rings. The van der Waals surface area contributed by atoms with Gasteiger partial charge in [-0.25, -0.2) is 0 Å². The normalized spacial score (nSPS) is 12.1. The van der Waals surface area contributed by atoms with Crippen LogP contribution in [0.1, 0.15) is 52.9 Å². The van der Waals surface area contributed by atoms with Crippen LogP contribution < -0.4 is 0 Å². The Morgan fingerprint density at radius 2 is 2.00 bits per heavy atom. The van der Waals surface area contributed by atoms with E-state index in [1.807, 2.05) is 0 Å². The predicted molar refractivity (Wildman–Crippen MR) is 59.3 cm³/mol. The molecular weight excluding hydrogens is 176 g/mol. The molecule has 0 atom stereocenters. The smallest absolute Gasteiger partial charge is 0.303 e. The molecule has 0 aliphatic heterocycles. The first-order valence-electron chi connectivity index (χ1n) is 5.39. The van der Waals surface area contributed by atoms with Crippen molar-refractivity contribution >= 4 is 5.97 Å². The zero-order valence-corrected chi connectivity index (χ0v) is 9.55. The van der Waals surface area contributed by atoms with E-state index in [4.69, 9.17) is 5.11 Å². The molecule has 0 amide bonds. The lowest BCUT2D eigenvalue weighted by atomic mass is 10.0. The zero-order chi connectivity index (χ0) is 11.0. The molecule has 0 bridgehead atoms. The molecule has 2 heteroatoms. The van der Waals surface area contributed by atoms with Crippen LogP contribution in [0.5, 0.6) is 0 Å². The Hall–Kier alpha value is -0.790. The molecule has 0 spiro atoms. The van der Waals surface area contributed by atoms with E-state index >= 15 is 0 Å². The van der Waals surface area contributed by atoms with Crippen molar-refractivity contribution in [3.8, 4) is 0 Å². The molecule has 0 saturated heterocycles. The van der Waals surface area contributed by atoms with E-state index < -0.39 is 5.97 Å². The van der Waals surface area contributed by atoms with Crippen LogP contribution in [0.4, 0.5) is 0 Å². The summed E-state index contributed by atoms with van der Waals surface area (Å²) in [6.07, 6.45) is 6.55. The van der Waals surface area contributed by atoms with E-state index in [1.165, 1.54) is 18.4 Å². The molecule has 0 heterocycles. The number of hydrogen-bond donors (Lipinski definition) is 1. The SMILES string of the molecule is C/C(=C\CCC(=O)O)CCCC(C)C. The van der Waals surface area contributed by atoms with E-state index in [0.29, 0.717) is 6.42 Å². The number of aliphatic carboxylic acids is 1. The molecule has 0 radical (unpaired) electrons. The van der Waals surface area contributed by atoms with Crippen LogP contribution in [-0.2, 0) is 4.79 Å². The van der Waals surface area contributed by atoms with Gasteiger partial charge >= 0.3 is 5.97 Å². The van der Waals surface area contributed by atoms with Gasteiger partial charge in [-0.05, 0) is 32.1 Å². The Morgan fingerprint density at radius 1 is 1.36 bits per heavy atom. The number of allylic oxidation sites excluding steroid dienone is 2. The lowest BCUT2D eigenvalue weighted by Crippen LogP contribution is -1.92. The fourth-order valence-corrected chi connectivity index (χ4v) is 1.33. The van der Waals surface area contributed by atoms with Gasteiger partial charge < -0.3 is 5.11 Å². The molecule has 2 nitrogen and oxygen atoms in total. The summed E-state index contributed by atoms with van der Waals surface area (Å²) in [5.41, 5.74) is 1.33. The van der Waals surface area contributed by atoms with Gasteiger partial charge in [0.1, 0.15) is 0 Å². The van der Waals surface area contributed by atoms with Gasteiger partial charge in [0, 0.05) is 6.42 Å². The van der Waals surface area contributed by atoms with E-state index in [9.17, 15) is 4.79 Å². The van der Waals surface area contributed by atoms with Crippen molar-refractivity contribution < 1.29 is 9.90 Å². The molecule has 0 aromatic rings. The molecule has 82 valence electrons. The summed E-state index contributed by atoms with van der Waals surface area (Å²) >= 11 is 0. The fourth-order valence-electron chi connectivity index (χ4n) is 1.33. The standard InChI is InChI=1S/C12H22O2/c1-10(2)6-4-7-11(3)8-5-9-12(13)14/h8,10H,4-7,9H2,1-3H3,(H,13,14)/b11-8+. The van der Waals surface area contributed by atoms with Gasteiger partial charge in [-0.1, -0.05) is 31.9 Å². The molecule has 0 aromatic heterocycles. The van der Waals surface area contributed by atoms with Crippen molar-refractivity contribution in [1.29, 1.82) is 0 Å². The van der Waals surface area contributed by atoms with Crippen LogP contribution in [-0.4, -0.2) is 11.1 Å². The number of rotatable bonds is 7. The first-order chi connectivity index (χ1) is 6.52. The second-order valence-electron chi connectivity index (χ2n) is 4.27. The van der Waals surface area contributed by atoms with Crippen LogP contribution in [0.15, 0.2) is 11.6 Å². The third-order valence-corrected chi connectivity index (χ3v) is 2.20. The first-order valence-corrected chi connectivity index (χ1v) is 5.39. The predicted octanol–water partition coefficient (Wildman–Crippen LogP) is 3.62. The largest absolute Gasteiger partial charge is 0.481 e. The molecule has 1 N–H and O–H groups in total. The van der Waals surface area contributed by atoms with Gasteiger partial charge in [-0.15, -0.1) is 0 Å². The maximum atomic E-state index is 10.3. The third kappa shape index (κ3) is 9.30. The van der Waals surface area contributed by atoms with Crippen molar-refractivity contribution in [3.05, 3.63) is 11.6 Å². The van der Waals surface area contributed by atoms with Crippen molar-refractivity contribution in [2.75, 3.05) is 0 Å². The Kier molecular flexibility index (Phi) is 7.17. The van der Waals surface area contributed by atoms with E-state index in [2.05, 4.69) is 26.8 Å². The van der Waals surface area contributed by atoms with Gasteiger partial charge in [0.15, 0.2) is 0 Å². The van der Waals surface area contributed by atoms with E-state index in [-0.39, 0.29) is 6.42 Å². The Balaban J connectivity index is 3.51. The summed E-state index contributed by atoms with van der Waals surface area (Å²) in [6.45, 7) is 6.54. The topological polar surface area (TPSA) is 37.3 Å². The molecule has 0 aromatic carbocycles. The molecular formula is C12H22O2. The average molecular weight is 198 g/mol. The zero-order valence-electron chi connectivity index (χ0n) is 9.55. The fraction of sp³-hybridized carbons (Fsp3) is 0.750. The minimum atomic E-state index is -0.712. The Morgan fingerprint density at radius 3 is 2.50 bits per heavy atom. The van der Waals surface area contributed by atoms with Crippen molar-refractivity contribution in [2.45, 2.75) is 52.9 Å². The molecule has 0 aliphatic carbocycles. The summed E-state index contributed by atoms with van der Waals surface area (Å²) in [5, 5.41) is 8.45. The highest BCUT2D eigenvalue weighted by molar-refractivity contribution is 5.66. The van der Waals surface area contributed by atoms with E-state index in [1.54, 1.807) is 0 Å².